The molecule has 0 saturated carbocycles. The van der Waals surface area contributed by atoms with Crippen LogP contribution in [0.2, 0.25) is 0 Å². The molecular weight excluding hydrogens is 695 g/mol. The predicted molar refractivity (Wildman–Crippen MR) is 167 cm³/mol. The summed E-state index contributed by atoms with van der Waals surface area (Å²) < 4.78 is 131. The lowest BCUT2D eigenvalue weighted by atomic mass is 9.81. The summed E-state index contributed by atoms with van der Waals surface area (Å²) in [7, 11) is 0. The van der Waals surface area contributed by atoms with Crippen LogP contribution in [0.3, 0.4) is 0 Å². The third-order valence-electron chi connectivity index (χ3n) is 9.49. The summed E-state index contributed by atoms with van der Waals surface area (Å²) in [5.41, 5.74) is -3.16. The summed E-state index contributed by atoms with van der Waals surface area (Å²) in [5.74, 6) is -19.3. The van der Waals surface area contributed by atoms with Gasteiger partial charge in [0.05, 0.1) is 11.1 Å². The summed E-state index contributed by atoms with van der Waals surface area (Å²) in [6.07, 6.45) is 3.68. The zero-order valence-electron chi connectivity index (χ0n) is 26.0. The van der Waals surface area contributed by atoms with Crippen molar-refractivity contribution in [3.63, 3.8) is 0 Å². The van der Waals surface area contributed by atoms with Crippen molar-refractivity contribution in [2.75, 3.05) is 0 Å². The molecule has 2 unspecified atom stereocenters. The minimum Gasteiger partial charge on any atom is -0.203 e. The smallest absolute Gasteiger partial charge is 0.200 e. The van der Waals surface area contributed by atoms with E-state index in [4.69, 9.17) is 0 Å². The van der Waals surface area contributed by atoms with Gasteiger partial charge in [0.1, 0.15) is 35.4 Å². The number of hydrogen-bond donors (Lipinski definition) is 0. The van der Waals surface area contributed by atoms with E-state index >= 15 is 8.78 Å². The van der Waals surface area contributed by atoms with Gasteiger partial charge < -0.3 is 0 Å². The van der Waals surface area contributed by atoms with E-state index in [2.05, 4.69) is 0 Å². The highest BCUT2D eigenvalue weighted by molar-refractivity contribution is 6.07. The molecule has 2 atom stereocenters. The molecule has 252 valence electrons. The second-order valence-corrected chi connectivity index (χ2v) is 12.0. The van der Waals surface area contributed by atoms with Gasteiger partial charge in [0, 0.05) is 23.0 Å². The first-order valence-corrected chi connectivity index (χ1v) is 15.0. The van der Waals surface area contributed by atoms with E-state index in [9.17, 15) is 51.8 Å². The minimum atomic E-state index is -2.35. The van der Waals surface area contributed by atoms with Gasteiger partial charge in [-0.05, 0) is 75.2 Å². The van der Waals surface area contributed by atoms with Gasteiger partial charge in [-0.2, -0.15) is 21.0 Å². The summed E-state index contributed by atoms with van der Waals surface area (Å²) in [4.78, 5) is 0. The summed E-state index contributed by atoms with van der Waals surface area (Å²) >= 11 is 0. The van der Waals surface area contributed by atoms with E-state index < -0.39 is 97.6 Å². The monoisotopic (exact) mass is 708 g/mol. The Labute approximate surface area is 287 Å². The Balaban J connectivity index is 1.47. The van der Waals surface area contributed by atoms with E-state index in [1.165, 1.54) is 36.4 Å². The normalized spacial score (nSPS) is 16.2. The number of halogens is 9. The molecule has 52 heavy (non-hydrogen) atoms. The number of nitriles is 4. The molecule has 4 nitrogen and oxygen atoms in total. The Morgan fingerprint density at radius 3 is 1.65 bits per heavy atom. The third-order valence-corrected chi connectivity index (χ3v) is 9.49. The molecule has 3 aliphatic carbocycles. The topological polar surface area (TPSA) is 95.2 Å². The zero-order chi connectivity index (χ0) is 37.5. The maximum absolute atomic E-state index is 15.1. The Hall–Kier alpha value is -6.83. The van der Waals surface area contributed by atoms with E-state index in [1.54, 1.807) is 24.3 Å². The Kier molecular flexibility index (Phi) is 7.70. The molecule has 0 saturated heterocycles. The quantitative estimate of drug-likeness (QED) is 0.0790. The first kappa shape index (κ1) is 33.7. The first-order chi connectivity index (χ1) is 24.8. The molecular formula is C39H13F9N4. The van der Waals surface area contributed by atoms with E-state index in [1.807, 2.05) is 0 Å². The number of benzene rings is 4. The average molecular weight is 709 g/mol. The Morgan fingerprint density at radius 2 is 1.08 bits per heavy atom. The number of fused-ring (bicyclic) bond motifs is 6. The van der Waals surface area contributed by atoms with Gasteiger partial charge in [0.25, 0.3) is 0 Å². The molecule has 0 fully saturated rings. The molecule has 0 heterocycles. The van der Waals surface area contributed by atoms with Crippen molar-refractivity contribution < 1.29 is 39.5 Å². The van der Waals surface area contributed by atoms with Crippen LogP contribution in [0.15, 0.2) is 59.7 Å². The molecule has 0 radical (unpaired) electrons. The van der Waals surface area contributed by atoms with Crippen LogP contribution in [-0.2, 0) is 0 Å². The molecule has 0 bridgehead atoms. The number of rotatable bonds is 2. The lowest BCUT2D eigenvalue weighted by molar-refractivity contribution is 0.376. The highest BCUT2D eigenvalue weighted by atomic mass is 19.2. The van der Waals surface area contributed by atoms with Crippen molar-refractivity contribution in [3.05, 3.63) is 145 Å². The molecule has 13 heteroatoms. The number of hydrogen-bond acceptors (Lipinski definition) is 4. The van der Waals surface area contributed by atoms with Crippen LogP contribution in [0, 0.1) is 111 Å². The molecule has 4 aromatic rings. The second-order valence-electron chi connectivity index (χ2n) is 12.0. The van der Waals surface area contributed by atoms with Crippen molar-refractivity contribution in [1.29, 1.82) is 21.0 Å². The highest BCUT2D eigenvalue weighted by Crippen LogP contribution is 2.57. The molecule has 0 amide bonds. The van der Waals surface area contributed by atoms with E-state index in [0.29, 0.717) is 11.1 Å². The van der Waals surface area contributed by atoms with Crippen molar-refractivity contribution in [3.8, 4) is 46.5 Å². The summed E-state index contributed by atoms with van der Waals surface area (Å²) in [5, 5.41) is 39.7. The van der Waals surface area contributed by atoms with Gasteiger partial charge in [-0.3, -0.25) is 0 Å². The lowest BCUT2D eigenvalue weighted by Crippen LogP contribution is -2.11. The van der Waals surface area contributed by atoms with Crippen molar-refractivity contribution in [2.45, 2.75) is 12.8 Å². The van der Waals surface area contributed by atoms with Crippen LogP contribution in [0.25, 0.3) is 39.0 Å². The average Bonchev–Trinajstić information content (AvgIpc) is 3.63. The van der Waals surface area contributed by atoms with Crippen LogP contribution in [0.4, 0.5) is 39.5 Å². The number of nitrogens with zero attached hydrogens (tertiary/aromatic N) is 4. The molecule has 0 N–H and O–H groups in total. The highest BCUT2D eigenvalue weighted by Gasteiger charge is 2.41. The van der Waals surface area contributed by atoms with Gasteiger partial charge in [0.15, 0.2) is 46.5 Å². The molecule has 4 aromatic carbocycles. The molecule has 3 aliphatic rings. The maximum atomic E-state index is 15.1. The molecule has 0 spiro atoms. The largest absolute Gasteiger partial charge is 0.203 e. The SMILES string of the molecule is Cc1c(F)c(F)c(-c2ccc3c(c2)C(=C(C#N)C#N)c2cc4c(cc2-3)C(=C(C#N)C#N)C2C=C(c3c(F)c(F)c(F)c(F)c3F)C=CC42)c(F)c1F. The van der Waals surface area contributed by atoms with Crippen LogP contribution >= 0.6 is 0 Å². The van der Waals surface area contributed by atoms with Crippen molar-refractivity contribution in [2.24, 2.45) is 5.92 Å². The minimum absolute atomic E-state index is 0.0132. The van der Waals surface area contributed by atoms with Crippen molar-refractivity contribution >= 4 is 16.7 Å². The standard InChI is InChI=1S/C39H13F9N4/c1-14-31(40)33(42)29(34(43)32(14)41)15-2-4-19-21-8-26-22(9-25(21)27(23(19)6-15)17(10-49)11-50)20-5-3-16(7-24(20)28(26)18(12-51)13-52)30-35(44)37(46)39(48)38(47)36(30)45/h2-9,20,24H,1H3. The third kappa shape index (κ3) is 4.46. The fraction of sp³-hybridized carbons (Fsp3) is 0.0769. The molecule has 0 aliphatic heterocycles. The van der Waals surface area contributed by atoms with Gasteiger partial charge in [0.2, 0.25) is 5.82 Å². The summed E-state index contributed by atoms with van der Waals surface area (Å²) in [6.45, 7) is 0.862. The zero-order valence-corrected chi connectivity index (χ0v) is 26.0. The van der Waals surface area contributed by atoms with Crippen LogP contribution in [0.1, 0.15) is 39.3 Å². The second kappa shape index (κ2) is 11.9. The molecule has 0 aromatic heterocycles. The first-order valence-electron chi connectivity index (χ1n) is 15.0. The fourth-order valence-electron chi connectivity index (χ4n) is 7.13. The number of allylic oxidation sites excluding steroid dienone is 7. The maximum Gasteiger partial charge on any atom is 0.200 e. The van der Waals surface area contributed by atoms with Crippen LogP contribution < -0.4 is 0 Å². The molecule has 7 rings (SSSR count). The van der Waals surface area contributed by atoms with Gasteiger partial charge in [-0.25, -0.2) is 39.5 Å². The van der Waals surface area contributed by atoms with Crippen LogP contribution in [-0.4, -0.2) is 0 Å². The predicted octanol–water partition coefficient (Wildman–Crippen LogP) is 9.91. The van der Waals surface area contributed by atoms with Crippen LogP contribution in [0.5, 0.6) is 0 Å². The Morgan fingerprint density at radius 1 is 0.538 bits per heavy atom. The summed E-state index contributed by atoms with van der Waals surface area (Å²) in [6, 6.07) is 13.8. The Bertz CT molecular complexity index is 2600. The fourth-order valence-corrected chi connectivity index (χ4v) is 7.13. The van der Waals surface area contributed by atoms with Crippen molar-refractivity contribution in [1.82, 2.24) is 0 Å². The lowest BCUT2D eigenvalue weighted by Gasteiger charge is -2.22. The van der Waals surface area contributed by atoms with E-state index in [-0.39, 0.29) is 39.0 Å². The van der Waals surface area contributed by atoms with Gasteiger partial charge >= 0.3 is 0 Å². The van der Waals surface area contributed by atoms with E-state index in [0.717, 1.165) is 19.1 Å². The van der Waals surface area contributed by atoms with Gasteiger partial charge in [-0.15, -0.1) is 0 Å². The van der Waals surface area contributed by atoms with Gasteiger partial charge in [-0.1, -0.05) is 30.4 Å².